The molecule has 0 aromatic heterocycles. The Balaban J connectivity index is 1.32. The standard InChI is InChI=1S/C63H99N5O13/c1-61(2,3)79-55(71)39-23-21-19-17-15-13-11-10-12-14-16-18-20-22-38-54(70)66-52(58(75)80-62(4,5)6)40-41-53(69)64-42-30-28-36-50(67-60(77)81-63(7,8)9)56(72)65-43-31-29-37-51(57(73)74)68-59(76)78-44-49-47-34-26-24-32-45(47)46-33-25-27-35-48(46)49/h24-27,32-35,49-52H,10-23,28-31,36-44H2,1-9H3,(H,64,69)(H,65,72)(H,66,70)(H,67,77)(H,68,76)(H,73,74)/t50-,51-,52-/m0/s1. The summed E-state index contributed by atoms with van der Waals surface area (Å²) < 4.78 is 21.9. The van der Waals surface area contributed by atoms with Crippen molar-refractivity contribution in [2.45, 2.75) is 257 Å². The zero-order valence-electron chi connectivity index (χ0n) is 50.4. The predicted octanol–water partition coefficient (Wildman–Crippen LogP) is 11.6. The topological polar surface area (TPSA) is 254 Å². The number of nitrogens with one attached hydrogen (secondary N) is 5. The summed E-state index contributed by atoms with van der Waals surface area (Å²) >= 11 is 0. The first-order chi connectivity index (χ1) is 38.3. The third-order valence-electron chi connectivity index (χ3n) is 13.5. The number of alkyl carbamates (subject to hydrolysis) is 2. The summed E-state index contributed by atoms with van der Waals surface area (Å²) in [7, 11) is 0. The SMILES string of the molecule is CC(C)(C)OC(=O)CCCCCCCCCCCCCCCCC(=O)N[C@@H](CCC(=O)NCCCC[C@H](NC(=O)OC(C)(C)C)C(=O)NCCCC[C@H](NC(=O)OCC1c2ccccc2-c2ccccc21)C(=O)O)C(=O)OC(C)(C)C. The number of ether oxygens (including phenoxy) is 4. The number of amides is 5. The molecule has 81 heavy (non-hydrogen) atoms. The molecule has 0 saturated heterocycles. The highest BCUT2D eigenvalue weighted by atomic mass is 16.6. The first kappa shape index (κ1) is 69.1. The molecule has 2 aromatic carbocycles. The molecule has 5 amide bonds. The Hall–Kier alpha value is -6.20. The van der Waals surface area contributed by atoms with Crippen molar-refractivity contribution >= 4 is 47.8 Å². The largest absolute Gasteiger partial charge is 0.480 e. The van der Waals surface area contributed by atoms with Crippen molar-refractivity contribution < 1.29 is 62.4 Å². The number of benzene rings is 2. The molecule has 3 rings (SSSR count). The van der Waals surface area contributed by atoms with Gasteiger partial charge in [0, 0.05) is 38.3 Å². The van der Waals surface area contributed by atoms with Gasteiger partial charge in [-0.15, -0.1) is 0 Å². The maximum atomic E-state index is 13.4. The summed E-state index contributed by atoms with van der Waals surface area (Å²) in [5.74, 6) is -3.15. The number of unbranched alkanes of at least 4 members (excludes halogenated alkanes) is 15. The van der Waals surface area contributed by atoms with Crippen LogP contribution in [-0.2, 0) is 47.7 Å². The number of hydrogen-bond acceptors (Lipinski definition) is 12. The second-order valence-electron chi connectivity index (χ2n) is 24.4. The summed E-state index contributed by atoms with van der Waals surface area (Å²) in [6.07, 6.45) is 16.5. The first-order valence-corrected chi connectivity index (χ1v) is 29.9. The molecular weight excluding hydrogens is 1030 g/mol. The van der Waals surface area contributed by atoms with Crippen molar-refractivity contribution in [3.8, 4) is 11.1 Å². The molecule has 1 aliphatic carbocycles. The summed E-state index contributed by atoms with van der Waals surface area (Å²) in [6, 6.07) is 12.7. The average Bonchev–Trinajstić information content (AvgIpc) is 3.69. The van der Waals surface area contributed by atoms with Crippen molar-refractivity contribution in [2.75, 3.05) is 19.7 Å². The van der Waals surface area contributed by atoms with Crippen LogP contribution in [0, 0.1) is 0 Å². The van der Waals surface area contributed by atoms with Gasteiger partial charge in [-0.05, 0) is 142 Å². The molecule has 18 heteroatoms. The minimum atomic E-state index is -1.21. The highest BCUT2D eigenvalue weighted by Gasteiger charge is 2.31. The highest BCUT2D eigenvalue weighted by molar-refractivity contribution is 5.86. The number of aliphatic carboxylic acids is 1. The van der Waals surface area contributed by atoms with E-state index in [0.717, 1.165) is 60.8 Å². The molecule has 0 fully saturated rings. The number of fused-ring (bicyclic) bond motifs is 3. The van der Waals surface area contributed by atoms with E-state index in [1.165, 1.54) is 44.9 Å². The zero-order chi connectivity index (χ0) is 59.9. The number of carboxylic acids is 1. The van der Waals surface area contributed by atoms with Crippen molar-refractivity contribution in [3.63, 3.8) is 0 Å². The Morgan fingerprint density at radius 2 is 0.914 bits per heavy atom. The number of hydrogen-bond donors (Lipinski definition) is 6. The normalized spacial score (nSPS) is 13.3. The van der Waals surface area contributed by atoms with Crippen molar-refractivity contribution in [2.24, 2.45) is 0 Å². The molecule has 1 aliphatic rings. The molecule has 18 nitrogen and oxygen atoms in total. The van der Waals surface area contributed by atoms with Crippen LogP contribution in [0.2, 0.25) is 0 Å². The van der Waals surface area contributed by atoms with Crippen LogP contribution in [0.15, 0.2) is 48.5 Å². The quantitative estimate of drug-likeness (QED) is 0.0208. The number of rotatable bonds is 38. The van der Waals surface area contributed by atoms with E-state index in [0.29, 0.717) is 38.5 Å². The van der Waals surface area contributed by atoms with Crippen LogP contribution in [0.1, 0.15) is 233 Å². The molecule has 0 radical (unpaired) electrons. The Morgan fingerprint density at radius 1 is 0.457 bits per heavy atom. The van der Waals surface area contributed by atoms with Gasteiger partial charge in [0.1, 0.15) is 41.5 Å². The molecule has 454 valence electrons. The minimum absolute atomic E-state index is 0.0362. The molecule has 0 unspecified atom stereocenters. The van der Waals surface area contributed by atoms with Gasteiger partial charge in [-0.1, -0.05) is 126 Å². The number of carbonyl (C=O) groups is 8. The van der Waals surface area contributed by atoms with Crippen LogP contribution >= 0.6 is 0 Å². The Kier molecular flexibility index (Phi) is 31.0. The van der Waals surface area contributed by atoms with E-state index in [-0.39, 0.29) is 75.5 Å². The Morgan fingerprint density at radius 3 is 1.42 bits per heavy atom. The Bertz CT molecular complexity index is 2240. The molecule has 0 aliphatic heterocycles. The second-order valence-corrected chi connectivity index (χ2v) is 24.4. The lowest BCUT2D eigenvalue weighted by molar-refractivity contribution is -0.159. The number of carboxylic acid groups (broad SMARTS) is 1. The van der Waals surface area contributed by atoms with Crippen molar-refractivity contribution in [1.29, 1.82) is 0 Å². The van der Waals surface area contributed by atoms with Gasteiger partial charge >= 0.3 is 30.1 Å². The number of esters is 2. The summed E-state index contributed by atoms with van der Waals surface area (Å²) in [5, 5.41) is 23.4. The van der Waals surface area contributed by atoms with E-state index < -0.39 is 65.0 Å². The van der Waals surface area contributed by atoms with E-state index in [1.54, 1.807) is 41.5 Å². The molecule has 0 heterocycles. The van der Waals surface area contributed by atoms with Crippen LogP contribution in [0.25, 0.3) is 11.1 Å². The summed E-state index contributed by atoms with van der Waals surface area (Å²) in [5.41, 5.74) is 2.20. The van der Waals surface area contributed by atoms with Gasteiger partial charge in [-0.3, -0.25) is 19.2 Å². The van der Waals surface area contributed by atoms with E-state index in [9.17, 15) is 43.5 Å². The molecule has 0 bridgehead atoms. The lowest BCUT2D eigenvalue weighted by Gasteiger charge is -2.24. The predicted molar refractivity (Wildman–Crippen MR) is 313 cm³/mol. The van der Waals surface area contributed by atoms with E-state index in [2.05, 4.69) is 26.6 Å². The van der Waals surface area contributed by atoms with Crippen molar-refractivity contribution in [3.05, 3.63) is 59.7 Å². The van der Waals surface area contributed by atoms with Gasteiger partial charge in [0.05, 0.1) is 0 Å². The third-order valence-corrected chi connectivity index (χ3v) is 13.5. The van der Waals surface area contributed by atoms with Crippen molar-refractivity contribution in [1.82, 2.24) is 26.6 Å². The minimum Gasteiger partial charge on any atom is -0.480 e. The van der Waals surface area contributed by atoms with E-state index in [4.69, 9.17) is 18.9 Å². The lowest BCUT2D eigenvalue weighted by atomic mass is 9.98. The maximum absolute atomic E-state index is 13.4. The summed E-state index contributed by atoms with van der Waals surface area (Å²) in [6.45, 7) is 16.5. The van der Waals surface area contributed by atoms with Gasteiger partial charge in [0.2, 0.25) is 17.7 Å². The average molecular weight is 1130 g/mol. The maximum Gasteiger partial charge on any atom is 0.408 e. The highest BCUT2D eigenvalue weighted by Crippen LogP contribution is 2.44. The number of carbonyl (C=O) groups excluding carboxylic acids is 7. The smallest absolute Gasteiger partial charge is 0.408 e. The molecule has 6 N–H and O–H groups in total. The van der Waals surface area contributed by atoms with Gasteiger partial charge in [0.15, 0.2) is 0 Å². The van der Waals surface area contributed by atoms with Gasteiger partial charge in [-0.2, -0.15) is 0 Å². The third kappa shape index (κ3) is 30.4. The van der Waals surface area contributed by atoms with Crippen LogP contribution in [0.4, 0.5) is 9.59 Å². The monoisotopic (exact) mass is 1130 g/mol. The first-order valence-electron chi connectivity index (χ1n) is 29.9. The molecule has 0 spiro atoms. The van der Waals surface area contributed by atoms with Crippen LogP contribution in [0.3, 0.4) is 0 Å². The molecule has 3 atom stereocenters. The second kappa shape index (κ2) is 36.3. The Labute approximate surface area is 482 Å². The lowest BCUT2D eigenvalue weighted by Crippen LogP contribution is -2.48. The summed E-state index contributed by atoms with van der Waals surface area (Å²) in [4.78, 5) is 102. The fraction of sp³-hybridized carbons (Fsp3) is 0.683. The van der Waals surface area contributed by atoms with Crippen LogP contribution in [-0.4, -0.2) is 108 Å². The fourth-order valence-electron chi connectivity index (χ4n) is 9.59. The van der Waals surface area contributed by atoms with E-state index in [1.807, 2.05) is 69.3 Å². The van der Waals surface area contributed by atoms with E-state index >= 15 is 0 Å². The fourth-order valence-corrected chi connectivity index (χ4v) is 9.59. The zero-order valence-corrected chi connectivity index (χ0v) is 50.4. The molecule has 2 aromatic rings. The van der Waals surface area contributed by atoms with Gasteiger partial charge < -0.3 is 50.6 Å². The van der Waals surface area contributed by atoms with Crippen LogP contribution in [0.5, 0.6) is 0 Å². The van der Waals surface area contributed by atoms with Gasteiger partial charge in [0.25, 0.3) is 0 Å². The molecular formula is C63H99N5O13. The van der Waals surface area contributed by atoms with Crippen LogP contribution < -0.4 is 26.6 Å². The molecule has 0 saturated carbocycles. The van der Waals surface area contributed by atoms with Gasteiger partial charge in [-0.25, -0.2) is 19.2 Å².